The second-order valence-corrected chi connectivity index (χ2v) is 10.3. The molecule has 10 heteroatoms. The van der Waals surface area contributed by atoms with E-state index in [9.17, 15) is 19.5 Å². The fourth-order valence-electron chi connectivity index (χ4n) is 4.45. The van der Waals surface area contributed by atoms with E-state index in [0.717, 1.165) is 37.0 Å². The van der Waals surface area contributed by atoms with Crippen molar-refractivity contribution >= 4 is 18.2 Å². The lowest BCUT2D eigenvalue weighted by Crippen LogP contribution is -2.57. The molecule has 0 radical (unpaired) electrons. The molecule has 1 aliphatic carbocycles. The minimum absolute atomic E-state index is 0.197. The smallest absolute Gasteiger partial charge is 0.245 e. The molecule has 2 aromatic carbocycles. The van der Waals surface area contributed by atoms with Crippen LogP contribution in [0.5, 0.6) is 11.5 Å². The Kier molecular flexibility index (Phi) is 14.7. The van der Waals surface area contributed by atoms with E-state index < -0.39 is 18.2 Å². The maximum atomic E-state index is 13.2. The van der Waals surface area contributed by atoms with Gasteiger partial charge in [-0.05, 0) is 76.1 Å². The number of phenols is 1. The lowest BCUT2D eigenvalue weighted by atomic mass is 10.1. The van der Waals surface area contributed by atoms with Crippen LogP contribution in [0.15, 0.2) is 48.5 Å². The molecule has 3 amide bonds. The number of amides is 3. The molecule has 0 aliphatic heterocycles. The highest BCUT2D eigenvalue weighted by atomic mass is 16.5. The molecular formula is C31H46N4O6. The summed E-state index contributed by atoms with van der Waals surface area (Å²) in [5, 5.41) is 27.5. The zero-order chi connectivity index (χ0) is 30.2. The standard InChI is InChI=1S/C24H38N4O5.C7H8O/c1-4-26-23(31)22(17(2)30)28(3)24(32)21(19-11-12-19)27-14-15-33-20-10-6-5-8-18(20)9-7-13-25-16-29;1-6-2-4-7(8)5-3-6/h5-6,8,10,16-17,19,21-22,27,30H,4,7,9,11-15H2,1-3H3,(H,25,29)(H,26,31);2-5,8H,1H3. The van der Waals surface area contributed by atoms with Gasteiger partial charge in [-0.3, -0.25) is 14.4 Å². The van der Waals surface area contributed by atoms with Gasteiger partial charge in [-0.1, -0.05) is 35.9 Å². The molecular weight excluding hydrogens is 524 g/mol. The van der Waals surface area contributed by atoms with Gasteiger partial charge < -0.3 is 35.8 Å². The molecule has 0 spiro atoms. The van der Waals surface area contributed by atoms with E-state index in [0.29, 0.717) is 38.4 Å². The molecule has 0 aromatic heterocycles. The summed E-state index contributed by atoms with van der Waals surface area (Å²) in [6, 6.07) is 13.5. The van der Waals surface area contributed by atoms with Crippen molar-refractivity contribution in [2.75, 3.05) is 33.3 Å². The number of benzene rings is 2. The van der Waals surface area contributed by atoms with Gasteiger partial charge in [0.2, 0.25) is 18.2 Å². The Morgan fingerprint density at radius 2 is 1.80 bits per heavy atom. The van der Waals surface area contributed by atoms with Crippen molar-refractivity contribution in [3.05, 3.63) is 59.7 Å². The van der Waals surface area contributed by atoms with Gasteiger partial charge in [0, 0.05) is 26.7 Å². The lowest BCUT2D eigenvalue weighted by molar-refractivity contribution is -0.144. The summed E-state index contributed by atoms with van der Waals surface area (Å²) in [5.41, 5.74) is 2.24. The predicted octanol–water partition coefficient (Wildman–Crippen LogP) is 2.16. The molecule has 1 saturated carbocycles. The number of carbonyl (C=O) groups is 3. The second-order valence-electron chi connectivity index (χ2n) is 10.3. The Balaban J connectivity index is 0.000000629. The molecule has 1 fully saturated rings. The number of likely N-dealkylation sites (N-methyl/N-ethyl adjacent to an activating group) is 2. The van der Waals surface area contributed by atoms with Crippen molar-refractivity contribution in [1.82, 2.24) is 20.9 Å². The van der Waals surface area contributed by atoms with Crippen molar-refractivity contribution in [2.45, 2.75) is 64.6 Å². The highest BCUT2D eigenvalue weighted by Crippen LogP contribution is 2.33. The zero-order valence-electron chi connectivity index (χ0n) is 24.6. The average Bonchev–Trinajstić information content (AvgIpc) is 3.79. The van der Waals surface area contributed by atoms with Crippen molar-refractivity contribution in [3.63, 3.8) is 0 Å². The maximum Gasteiger partial charge on any atom is 0.245 e. The largest absolute Gasteiger partial charge is 0.508 e. The zero-order valence-corrected chi connectivity index (χ0v) is 24.6. The second kappa shape index (κ2) is 17.9. The molecule has 5 N–H and O–H groups in total. The van der Waals surface area contributed by atoms with E-state index in [2.05, 4.69) is 16.0 Å². The number of carbonyl (C=O) groups excluding carboxylic acids is 3. The molecule has 0 heterocycles. The van der Waals surface area contributed by atoms with E-state index in [1.807, 2.05) is 43.3 Å². The maximum absolute atomic E-state index is 13.2. The molecule has 3 rings (SSSR count). The summed E-state index contributed by atoms with van der Waals surface area (Å²) in [4.78, 5) is 37.3. The van der Waals surface area contributed by atoms with Crippen molar-refractivity contribution in [2.24, 2.45) is 5.92 Å². The molecule has 2 aromatic rings. The minimum Gasteiger partial charge on any atom is -0.508 e. The fraction of sp³-hybridized carbons (Fsp3) is 0.516. The van der Waals surface area contributed by atoms with Crippen LogP contribution in [0.25, 0.3) is 0 Å². The van der Waals surface area contributed by atoms with Gasteiger partial charge in [0.1, 0.15) is 24.1 Å². The number of ether oxygens (including phenoxy) is 1. The van der Waals surface area contributed by atoms with Gasteiger partial charge >= 0.3 is 0 Å². The number of phenolic OH excluding ortho intramolecular Hbond substituents is 1. The SMILES string of the molecule is CCNC(=O)C(C(C)O)N(C)C(=O)C(NCCOc1ccccc1CCCNC=O)C1CC1.Cc1ccc(O)cc1. The third-order valence-electron chi connectivity index (χ3n) is 6.78. The normalized spacial score (nSPS) is 14.5. The van der Waals surface area contributed by atoms with Gasteiger partial charge in [0.05, 0.1) is 12.1 Å². The van der Waals surface area contributed by atoms with E-state index >= 15 is 0 Å². The topological polar surface area (TPSA) is 140 Å². The summed E-state index contributed by atoms with van der Waals surface area (Å²) >= 11 is 0. The number of aryl methyl sites for hydroxylation is 2. The Morgan fingerprint density at radius 3 is 2.39 bits per heavy atom. The lowest BCUT2D eigenvalue weighted by Gasteiger charge is -2.32. The van der Waals surface area contributed by atoms with Crippen LogP contribution in [0.1, 0.15) is 44.2 Å². The number of aromatic hydroxyl groups is 1. The Bertz CT molecular complexity index is 1050. The van der Waals surface area contributed by atoms with Crippen LogP contribution >= 0.6 is 0 Å². The average molecular weight is 571 g/mol. The van der Waals surface area contributed by atoms with Crippen molar-refractivity contribution < 1.29 is 29.3 Å². The number of aliphatic hydroxyl groups excluding tert-OH is 1. The van der Waals surface area contributed by atoms with Crippen LogP contribution in [-0.4, -0.2) is 84.8 Å². The van der Waals surface area contributed by atoms with E-state index in [1.54, 1.807) is 26.1 Å². The molecule has 0 saturated heterocycles. The van der Waals surface area contributed by atoms with Gasteiger partial charge in [0.15, 0.2) is 0 Å². The van der Waals surface area contributed by atoms with Crippen LogP contribution in [0.4, 0.5) is 0 Å². The molecule has 0 bridgehead atoms. The number of rotatable bonds is 16. The van der Waals surface area contributed by atoms with Crippen molar-refractivity contribution in [1.29, 1.82) is 0 Å². The summed E-state index contributed by atoms with van der Waals surface area (Å²) < 4.78 is 5.96. The fourth-order valence-corrected chi connectivity index (χ4v) is 4.45. The number of nitrogens with zero attached hydrogens (tertiary/aromatic N) is 1. The summed E-state index contributed by atoms with van der Waals surface area (Å²) in [5.74, 6) is 0.790. The number of nitrogens with one attached hydrogen (secondary N) is 3. The molecule has 41 heavy (non-hydrogen) atoms. The van der Waals surface area contributed by atoms with Crippen LogP contribution in [0.2, 0.25) is 0 Å². The third-order valence-corrected chi connectivity index (χ3v) is 6.78. The first-order valence-corrected chi connectivity index (χ1v) is 14.3. The Labute approximate surface area is 243 Å². The molecule has 1 aliphatic rings. The van der Waals surface area contributed by atoms with Crippen LogP contribution in [-0.2, 0) is 20.8 Å². The predicted molar refractivity (Wildman–Crippen MR) is 159 cm³/mol. The summed E-state index contributed by atoms with van der Waals surface area (Å²) in [7, 11) is 1.57. The summed E-state index contributed by atoms with van der Waals surface area (Å²) in [6.45, 7) is 7.21. The Hall–Kier alpha value is -3.63. The van der Waals surface area contributed by atoms with E-state index in [1.165, 1.54) is 17.4 Å². The van der Waals surface area contributed by atoms with Gasteiger partial charge in [-0.25, -0.2) is 0 Å². The number of para-hydroxylation sites is 1. The summed E-state index contributed by atoms with van der Waals surface area (Å²) in [6.07, 6.45) is 3.23. The van der Waals surface area contributed by atoms with Gasteiger partial charge in [-0.2, -0.15) is 0 Å². The number of hydrogen-bond donors (Lipinski definition) is 5. The number of hydrogen-bond acceptors (Lipinski definition) is 7. The minimum atomic E-state index is -0.980. The molecule has 3 atom stereocenters. The molecule has 3 unspecified atom stereocenters. The third kappa shape index (κ3) is 11.8. The quantitative estimate of drug-likeness (QED) is 0.154. The van der Waals surface area contributed by atoms with Crippen LogP contribution < -0.4 is 20.7 Å². The highest BCUT2D eigenvalue weighted by molar-refractivity contribution is 5.90. The molecule has 226 valence electrons. The number of aliphatic hydroxyl groups is 1. The monoisotopic (exact) mass is 570 g/mol. The highest BCUT2D eigenvalue weighted by Gasteiger charge is 2.40. The van der Waals surface area contributed by atoms with Crippen molar-refractivity contribution in [3.8, 4) is 11.5 Å². The first-order valence-electron chi connectivity index (χ1n) is 14.3. The van der Waals surface area contributed by atoms with E-state index in [-0.39, 0.29) is 17.7 Å². The van der Waals surface area contributed by atoms with Gasteiger partial charge in [-0.15, -0.1) is 0 Å². The molecule has 10 nitrogen and oxygen atoms in total. The van der Waals surface area contributed by atoms with E-state index in [4.69, 9.17) is 9.84 Å². The van der Waals surface area contributed by atoms with Crippen LogP contribution in [0.3, 0.4) is 0 Å². The Morgan fingerprint density at radius 1 is 1.12 bits per heavy atom. The van der Waals surface area contributed by atoms with Gasteiger partial charge in [0.25, 0.3) is 0 Å². The first kappa shape index (κ1) is 33.6. The van der Waals surface area contributed by atoms with Crippen LogP contribution in [0, 0.1) is 12.8 Å². The first-order chi connectivity index (χ1) is 19.7.